The van der Waals surface area contributed by atoms with Crippen molar-refractivity contribution in [2.75, 3.05) is 25.2 Å². The molecule has 0 spiro atoms. The molecule has 170 valence electrons. The van der Waals surface area contributed by atoms with E-state index in [1.165, 1.54) is 17.5 Å². The van der Waals surface area contributed by atoms with Gasteiger partial charge in [-0.05, 0) is 42.3 Å². The average Bonchev–Trinajstić information content (AvgIpc) is 3.46. The number of benzene rings is 1. The number of fused-ring (bicyclic) bond motifs is 1. The van der Waals surface area contributed by atoms with E-state index in [2.05, 4.69) is 9.97 Å². The summed E-state index contributed by atoms with van der Waals surface area (Å²) < 4.78 is 6.79. The molecule has 0 saturated carbocycles. The Labute approximate surface area is 195 Å². The lowest BCUT2D eigenvalue weighted by Crippen LogP contribution is -2.35. The summed E-state index contributed by atoms with van der Waals surface area (Å²) in [5.41, 5.74) is 3.25. The Kier molecular flexibility index (Phi) is 6.93. The molecular formula is C24H24N4O4S. The average molecular weight is 465 g/mol. The molecule has 1 aromatic carbocycles. The Morgan fingerprint density at radius 1 is 1.24 bits per heavy atom. The van der Waals surface area contributed by atoms with Gasteiger partial charge in [0.2, 0.25) is 5.91 Å². The molecule has 1 amide bonds. The van der Waals surface area contributed by atoms with Crippen LogP contribution in [0.25, 0.3) is 10.9 Å². The summed E-state index contributed by atoms with van der Waals surface area (Å²) in [5, 5.41) is 12.8. The molecule has 0 atom stereocenters. The number of carbonyl (C=O) groups is 2. The molecule has 9 heteroatoms. The Balaban J connectivity index is 1.79. The normalized spacial score (nSPS) is 11.1. The number of pyridine rings is 1. The van der Waals surface area contributed by atoms with Crippen LogP contribution in [0.2, 0.25) is 0 Å². The van der Waals surface area contributed by atoms with Gasteiger partial charge in [0.05, 0.1) is 37.3 Å². The van der Waals surface area contributed by atoms with Crippen LogP contribution in [0.1, 0.15) is 27.2 Å². The molecule has 4 rings (SSSR count). The van der Waals surface area contributed by atoms with Gasteiger partial charge in [-0.25, -0.2) is 4.98 Å². The highest BCUT2D eigenvalue weighted by Gasteiger charge is 2.25. The van der Waals surface area contributed by atoms with Crippen molar-refractivity contribution < 1.29 is 19.4 Å². The SMILES string of the molecule is COCCN(C(=O)Cc1c(C)n(C(=O)c2cccnc2)c2ccc(CO)cc12)c1nccs1. The maximum atomic E-state index is 13.4. The van der Waals surface area contributed by atoms with Crippen molar-refractivity contribution in [3.63, 3.8) is 0 Å². The van der Waals surface area contributed by atoms with Crippen LogP contribution in [-0.4, -0.2) is 51.7 Å². The Bertz CT molecular complexity index is 1270. The molecule has 3 aromatic heterocycles. The topological polar surface area (TPSA) is 97.6 Å². The molecule has 4 aromatic rings. The third-order valence-corrected chi connectivity index (χ3v) is 6.29. The standard InChI is InChI=1S/C24H24N4O4S/c1-16-19(13-22(30)27(9-10-32-2)24-26-8-11-33-24)20-12-17(15-29)5-6-21(20)28(16)23(31)18-4-3-7-25-14-18/h3-8,11-12,14,29H,9-10,13,15H2,1-2H3. The number of aliphatic hydroxyl groups excluding tert-OH is 1. The van der Waals surface area contributed by atoms with Gasteiger partial charge in [-0.3, -0.25) is 24.0 Å². The highest BCUT2D eigenvalue weighted by atomic mass is 32.1. The molecule has 0 unspecified atom stereocenters. The quantitative estimate of drug-likeness (QED) is 0.430. The maximum absolute atomic E-state index is 13.4. The number of anilines is 1. The second-order valence-corrected chi connectivity index (χ2v) is 8.36. The molecule has 0 bridgehead atoms. The zero-order valence-electron chi connectivity index (χ0n) is 18.4. The number of ether oxygens (including phenoxy) is 1. The number of thiazole rings is 1. The van der Waals surface area contributed by atoms with E-state index in [1.54, 1.807) is 53.2 Å². The summed E-state index contributed by atoms with van der Waals surface area (Å²) >= 11 is 1.38. The third kappa shape index (κ3) is 4.56. The maximum Gasteiger partial charge on any atom is 0.264 e. The van der Waals surface area contributed by atoms with Crippen molar-refractivity contribution in [3.05, 3.63) is 76.7 Å². The number of rotatable bonds is 8. The second kappa shape index (κ2) is 10.0. The van der Waals surface area contributed by atoms with Crippen LogP contribution >= 0.6 is 11.3 Å². The first-order chi connectivity index (χ1) is 16.0. The zero-order chi connectivity index (χ0) is 23.4. The van der Waals surface area contributed by atoms with E-state index in [-0.39, 0.29) is 24.8 Å². The van der Waals surface area contributed by atoms with Crippen molar-refractivity contribution >= 4 is 39.2 Å². The molecule has 0 radical (unpaired) electrons. The highest BCUT2D eigenvalue weighted by Crippen LogP contribution is 2.30. The van der Waals surface area contributed by atoms with Gasteiger partial charge < -0.3 is 9.84 Å². The molecule has 0 aliphatic heterocycles. The van der Waals surface area contributed by atoms with Crippen molar-refractivity contribution in [2.45, 2.75) is 20.0 Å². The van der Waals surface area contributed by atoms with E-state index >= 15 is 0 Å². The Morgan fingerprint density at radius 3 is 2.76 bits per heavy atom. The molecule has 33 heavy (non-hydrogen) atoms. The minimum absolute atomic E-state index is 0.0772. The summed E-state index contributed by atoms with van der Waals surface area (Å²) in [6, 6.07) is 8.84. The van der Waals surface area contributed by atoms with E-state index in [9.17, 15) is 14.7 Å². The van der Waals surface area contributed by atoms with Crippen LogP contribution in [0.3, 0.4) is 0 Å². The van der Waals surface area contributed by atoms with Gasteiger partial charge in [0.15, 0.2) is 5.13 Å². The smallest absolute Gasteiger partial charge is 0.264 e. The van der Waals surface area contributed by atoms with Crippen molar-refractivity contribution in [2.24, 2.45) is 0 Å². The van der Waals surface area contributed by atoms with E-state index in [0.29, 0.717) is 40.6 Å². The van der Waals surface area contributed by atoms with E-state index in [4.69, 9.17) is 4.74 Å². The zero-order valence-corrected chi connectivity index (χ0v) is 19.2. The molecule has 0 fully saturated rings. The fourth-order valence-electron chi connectivity index (χ4n) is 3.84. The summed E-state index contributed by atoms with van der Waals surface area (Å²) in [7, 11) is 1.59. The second-order valence-electron chi connectivity index (χ2n) is 7.49. The van der Waals surface area contributed by atoms with Gasteiger partial charge in [0.1, 0.15) is 0 Å². The van der Waals surface area contributed by atoms with Crippen molar-refractivity contribution in [3.8, 4) is 0 Å². The van der Waals surface area contributed by atoms with Gasteiger partial charge >= 0.3 is 0 Å². The fraction of sp³-hybridized carbons (Fsp3) is 0.250. The van der Waals surface area contributed by atoms with Gasteiger partial charge in [-0.1, -0.05) is 6.07 Å². The van der Waals surface area contributed by atoms with Crippen LogP contribution in [0.15, 0.2) is 54.3 Å². The molecule has 1 N–H and O–H groups in total. The first-order valence-electron chi connectivity index (χ1n) is 10.4. The van der Waals surface area contributed by atoms with Crippen LogP contribution in [0.4, 0.5) is 5.13 Å². The number of methoxy groups -OCH3 is 1. The minimum Gasteiger partial charge on any atom is -0.392 e. The van der Waals surface area contributed by atoms with Gasteiger partial charge in [-0.2, -0.15) is 0 Å². The number of nitrogens with zero attached hydrogens (tertiary/aromatic N) is 4. The van der Waals surface area contributed by atoms with Crippen molar-refractivity contribution in [1.82, 2.24) is 14.5 Å². The fourth-order valence-corrected chi connectivity index (χ4v) is 4.52. The van der Waals surface area contributed by atoms with Gasteiger partial charge in [0, 0.05) is 42.2 Å². The minimum atomic E-state index is -0.225. The summed E-state index contributed by atoms with van der Waals surface area (Å²) in [5.74, 6) is -0.371. The molecule has 0 aliphatic rings. The van der Waals surface area contributed by atoms with Crippen LogP contribution < -0.4 is 4.90 Å². The van der Waals surface area contributed by atoms with Gasteiger partial charge in [-0.15, -0.1) is 11.3 Å². The third-order valence-electron chi connectivity index (χ3n) is 5.49. The lowest BCUT2D eigenvalue weighted by molar-refractivity contribution is -0.118. The highest BCUT2D eigenvalue weighted by molar-refractivity contribution is 7.13. The summed E-state index contributed by atoms with van der Waals surface area (Å²) in [4.78, 5) is 36.7. The van der Waals surface area contributed by atoms with Crippen LogP contribution in [0.5, 0.6) is 0 Å². The number of hydrogen-bond acceptors (Lipinski definition) is 7. The number of amides is 1. The molecular weight excluding hydrogens is 440 g/mol. The van der Waals surface area contributed by atoms with Crippen LogP contribution in [0, 0.1) is 6.92 Å². The first-order valence-corrected chi connectivity index (χ1v) is 11.3. The van der Waals surface area contributed by atoms with Gasteiger partial charge in [0.25, 0.3) is 5.91 Å². The number of aromatic nitrogens is 3. The van der Waals surface area contributed by atoms with E-state index in [0.717, 1.165) is 10.9 Å². The predicted octanol–water partition coefficient (Wildman–Crippen LogP) is 3.20. The molecule has 8 nitrogen and oxygen atoms in total. The monoisotopic (exact) mass is 464 g/mol. The molecule has 0 aliphatic carbocycles. The van der Waals surface area contributed by atoms with Crippen LogP contribution in [-0.2, 0) is 22.6 Å². The lowest BCUT2D eigenvalue weighted by Gasteiger charge is -2.19. The lowest BCUT2D eigenvalue weighted by atomic mass is 10.0. The summed E-state index contributed by atoms with van der Waals surface area (Å²) in [6.07, 6.45) is 4.87. The Morgan fingerprint density at radius 2 is 2.09 bits per heavy atom. The van der Waals surface area contributed by atoms with E-state index in [1.807, 2.05) is 18.4 Å². The molecule has 3 heterocycles. The number of carbonyl (C=O) groups excluding carboxylic acids is 2. The van der Waals surface area contributed by atoms with Crippen molar-refractivity contribution in [1.29, 1.82) is 0 Å². The Hall–Kier alpha value is -3.40. The number of hydrogen-bond donors (Lipinski definition) is 1. The predicted molar refractivity (Wildman–Crippen MR) is 127 cm³/mol. The number of aliphatic hydroxyl groups is 1. The van der Waals surface area contributed by atoms with E-state index < -0.39 is 0 Å². The first kappa shape index (κ1) is 22.8. The molecule has 0 saturated heterocycles. The largest absolute Gasteiger partial charge is 0.392 e. The summed E-state index contributed by atoms with van der Waals surface area (Å²) in [6.45, 7) is 2.44.